The van der Waals surface area contributed by atoms with Gasteiger partial charge >= 0.3 is 0 Å². The molecule has 1 saturated heterocycles. The minimum atomic E-state index is -0.352. The maximum atomic E-state index is 11.1. The fourth-order valence-corrected chi connectivity index (χ4v) is 2.52. The lowest BCUT2D eigenvalue weighted by molar-refractivity contribution is -0.262. The molecule has 20 heavy (non-hydrogen) atoms. The van der Waals surface area contributed by atoms with Crippen LogP contribution >= 0.6 is 0 Å². The molecule has 1 aromatic rings. The summed E-state index contributed by atoms with van der Waals surface area (Å²) in [6.07, 6.45) is 3.55. The van der Waals surface area contributed by atoms with Gasteiger partial charge in [0.05, 0.1) is 12.7 Å². The van der Waals surface area contributed by atoms with Gasteiger partial charge in [-0.05, 0) is 6.92 Å². The van der Waals surface area contributed by atoms with E-state index in [0.29, 0.717) is 13.0 Å². The molecule has 0 amide bonds. The first-order chi connectivity index (χ1) is 9.72. The van der Waals surface area contributed by atoms with Gasteiger partial charge in [-0.25, -0.2) is 0 Å². The third-order valence-corrected chi connectivity index (χ3v) is 3.48. The number of hydrogen-bond acceptors (Lipinski definition) is 4. The van der Waals surface area contributed by atoms with E-state index < -0.39 is 0 Å². The van der Waals surface area contributed by atoms with Crippen LogP contribution in [0.5, 0.6) is 0 Å². The van der Waals surface area contributed by atoms with E-state index in [1.165, 1.54) is 0 Å². The molecule has 4 atom stereocenters. The molecule has 4 nitrogen and oxygen atoms in total. The zero-order chi connectivity index (χ0) is 13.9. The average Bonchev–Trinajstić information content (AvgIpc) is 2.47. The average molecular weight is 274 g/mol. The first-order valence-electron chi connectivity index (χ1n) is 6.87. The molecule has 106 valence electrons. The summed E-state index contributed by atoms with van der Waals surface area (Å²) in [7, 11) is 0. The Morgan fingerprint density at radius 3 is 2.75 bits per heavy atom. The van der Waals surface area contributed by atoms with Crippen LogP contribution < -0.4 is 0 Å². The minimum absolute atomic E-state index is 0.114. The molecule has 2 heterocycles. The molecule has 2 aliphatic rings. The van der Waals surface area contributed by atoms with Crippen molar-refractivity contribution in [1.29, 1.82) is 0 Å². The molecule has 0 aliphatic carbocycles. The van der Waals surface area contributed by atoms with Gasteiger partial charge in [-0.2, -0.15) is 0 Å². The van der Waals surface area contributed by atoms with Gasteiger partial charge in [-0.1, -0.05) is 42.5 Å². The van der Waals surface area contributed by atoms with Crippen LogP contribution in [0.15, 0.2) is 42.5 Å². The summed E-state index contributed by atoms with van der Waals surface area (Å²) in [6, 6.07) is 9.85. The van der Waals surface area contributed by atoms with Crippen LogP contribution in [-0.4, -0.2) is 30.7 Å². The molecule has 2 aliphatic heterocycles. The van der Waals surface area contributed by atoms with Crippen molar-refractivity contribution in [2.45, 2.75) is 37.9 Å². The van der Waals surface area contributed by atoms with Crippen LogP contribution in [0.3, 0.4) is 0 Å². The first kappa shape index (κ1) is 13.5. The number of carbonyl (C=O) groups is 1. The summed E-state index contributed by atoms with van der Waals surface area (Å²) in [5.74, 6) is 0.123. The second-order valence-corrected chi connectivity index (χ2v) is 5.18. The maximum Gasteiger partial charge on any atom is 0.184 e. The molecule has 0 aromatic heterocycles. The van der Waals surface area contributed by atoms with Gasteiger partial charge in [0.25, 0.3) is 0 Å². The van der Waals surface area contributed by atoms with E-state index in [-0.39, 0.29) is 30.4 Å². The van der Waals surface area contributed by atoms with Crippen molar-refractivity contribution in [2.75, 3.05) is 6.61 Å². The van der Waals surface area contributed by atoms with Crippen molar-refractivity contribution in [3.8, 4) is 0 Å². The Kier molecular flexibility index (Phi) is 3.96. The Labute approximate surface area is 118 Å². The number of rotatable bonds is 3. The summed E-state index contributed by atoms with van der Waals surface area (Å²) in [4.78, 5) is 11.1. The lowest BCUT2D eigenvalue weighted by atomic mass is 10.0. The maximum absolute atomic E-state index is 11.1. The summed E-state index contributed by atoms with van der Waals surface area (Å²) in [5.41, 5.74) is 1.00. The summed E-state index contributed by atoms with van der Waals surface area (Å²) in [5, 5.41) is 0. The van der Waals surface area contributed by atoms with Crippen LogP contribution in [0.25, 0.3) is 0 Å². The van der Waals surface area contributed by atoms with Crippen LogP contribution in [0, 0.1) is 0 Å². The highest BCUT2D eigenvalue weighted by atomic mass is 16.7. The van der Waals surface area contributed by atoms with Gasteiger partial charge < -0.3 is 14.2 Å². The van der Waals surface area contributed by atoms with E-state index in [1.807, 2.05) is 42.5 Å². The monoisotopic (exact) mass is 274 g/mol. The summed E-state index contributed by atoms with van der Waals surface area (Å²) in [6.45, 7) is 2.05. The number of hydrogen-bond donors (Lipinski definition) is 0. The molecule has 0 spiro atoms. The van der Waals surface area contributed by atoms with Crippen molar-refractivity contribution in [2.24, 2.45) is 0 Å². The van der Waals surface area contributed by atoms with Crippen LogP contribution in [-0.2, 0) is 19.0 Å². The molecule has 1 aromatic carbocycles. The fraction of sp³-hybridized carbons (Fsp3) is 0.438. The van der Waals surface area contributed by atoms with Gasteiger partial charge in [0.15, 0.2) is 6.29 Å². The minimum Gasteiger partial charge on any atom is -0.365 e. The van der Waals surface area contributed by atoms with E-state index in [1.54, 1.807) is 6.92 Å². The molecule has 3 rings (SSSR count). The smallest absolute Gasteiger partial charge is 0.184 e. The van der Waals surface area contributed by atoms with E-state index in [9.17, 15) is 4.79 Å². The standard InChI is InChI=1S/C16H18O4/c1-11(17)9-13-7-8-14-15(19-13)10-18-16(20-14)12-5-3-2-4-6-12/h2-8,13-16H,9-10H2,1H3/t13-,14-,15+,16?/m0/s1. The number of ketones is 1. The second kappa shape index (κ2) is 5.87. The molecule has 1 fully saturated rings. The Balaban J connectivity index is 1.66. The van der Waals surface area contributed by atoms with Gasteiger partial charge in [0.1, 0.15) is 18.0 Å². The predicted molar refractivity (Wildman–Crippen MR) is 73.1 cm³/mol. The molecular weight excluding hydrogens is 256 g/mol. The summed E-state index contributed by atoms with van der Waals surface area (Å²) >= 11 is 0. The van der Waals surface area contributed by atoms with Crippen LogP contribution in [0.1, 0.15) is 25.2 Å². The van der Waals surface area contributed by atoms with Crippen molar-refractivity contribution >= 4 is 5.78 Å². The second-order valence-electron chi connectivity index (χ2n) is 5.18. The molecule has 1 unspecified atom stereocenters. The zero-order valence-corrected chi connectivity index (χ0v) is 11.4. The lowest BCUT2D eigenvalue weighted by Crippen LogP contribution is -2.45. The molecule has 0 bridgehead atoms. The van der Waals surface area contributed by atoms with Gasteiger partial charge in [0.2, 0.25) is 0 Å². The third kappa shape index (κ3) is 2.98. The quantitative estimate of drug-likeness (QED) is 0.794. The topological polar surface area (TPSA) is 44.8 Å². The van der Waals surface area contributed by atoms with Gasteiger partial charge in [-0.15, -0.1) is 0 Å². The van der Waals surface area contributed by atoms with Crippen molar-refractivity contribution in [3.05, 3.63) is 48.0 Å². The molecule has 0 N–H and O–H groups in total. The molecule has 4 heteroatoms. The first-order valence-corrected chi connectivity index (χ1v) is 6.87. The van der Waals surface area contributed by atoms with E-state index in [0.717, 1.165) is 5.56 Å². The normalized spacial score (nSPS) is 32.6. The number of Topliss-reactive ketones (excluding diaryl/α,β-unsaturated/α-hetero) is 1. The van der Waals surface area contributed by atoms with E-state index in [4.69, 9.17) is 14.2 Å². The number of benzene rings is 1. The predicted octanol–water partition coefficient (Wildman–Crippen LogP) is 2.40. The SMILES string of the molecule is CC(=O)C[C@@H]1C=C[C@@H]2OC(c3ccccc3)OC[C@H]2O1. The highest BCUT2D eigenvalue weighted by molar-refractivity contribution is 5.76. The van der Waals surface area contributed by atoms with Gasteiger partial charge in [0, 0.05) is 12.0 Å². The van der Waals surface area contributed by atoms with E-state index >= 15 is 0 Å². The number of carbonyl (C=O) groups excluding carboxylic acids is 1. The largest absolute Gasteiger partial charge is 0.365 e. The van der Waals surface area contributed by atoms with Crippen LogP contribution in [0.2, 0.25) is 0 Å². The Morgan fingerprint density at radius 2 is 2.00 bits per heavy atom. The Hall–Kier alpha value is -1.49. The van der Waals surface area contributed by atoms with Gasteiger partial charge in [-0.3, -0.25) is 4.79 Å². The Morgan fingerprint density at radius 1 is 1.20 bits per heavy atom. The molecule has 0 radical (unpaired) electrons. The fourth-order valence-electron chi connectivity index (χ4n) is 2.52. The Bertz CT molecular complexity index is 496. The van der Waals surface area contributed by atoms with Crippen LogP contribution in [0.4, 0.5) is 0 Å². The van der Waals surface area contributed by atoms with Crippen molar-refractivity contribution in [3.63, 3.8) is 0 Å². The van der Waals surface area contributed by atoms with Crippen molar-refractivity contribution in [1.82, 2.24) is 0 Å². The van der Waals surface area contributed by atoms with Crippen molar-refractivity contribution < 1.29 is 19.0 Å². The van der Waals surface area contributed by atoms with E-state index in [2.05, 4.69) is 0 Å². The number of fused-ring (bicyclic) bond motifs is 1. The summed E-state index contributed by atoms with van der Waals surface area (Å²) < 4.78 is 17.5. The third-order valence-electron chi connectivity index (χ3n) is 3.48. The highest BCUT2D eigenvalue weighted by Crippen LogP contribution is 2.31. The highest BCUT2D eigenvalue weighted by Gasteiger charge is 2.35. The zero-order valence-electron chi connectivity index (χ0n) is 11.4. The molecule has 0 saturated carbocycles. The lowest BCUT2D eigenvalue weighted by Gasteiger charge is -2.39. The number of ether oxygens (including phenoxy) is 3. The molecular formula is C16H18O4.